The standard InChI is InChI=1S/C24H24F2N4O/c25-21(26)20-9-19(17-4-2-1-3-5-17)28-22-18(13-27-30(20)22)23(31)29-24-10-14-6-15(11-24)8-16(7-14)12-24/h1-5,9,13-16,21H,6-8,10-12H2,(H,29,31). The fourth-order valence-electron chi connectivity index (χ4n) is 6.63. The van der Waals surface area contributed by atoms with Crippen molar-refractivity contribution in [2.45, 2.75) is 50.5 Å². The summed E-state index contributed by atoms with van der Waals surface area (Å²) in [5.74, 6) is 1.84. The molecular formula is C24H24F2N4O. The number of benzene rings is 1. The molecule has 0 aliphatic heterocycles. The summed E-state index contributed by atoms with van der Waals surface area (Å²) < 4.78 is 28.7. The Kier molecular flexibility index (Phi) is 4.17. The summed E-state index contributed by atoms with van der Waals surface area (Å²) in [6.07, 6.45) is 5.56. The van der Waals surface area contributed by atoms with Crippen molar-refractivity contribution in [1.82, 2.24) is 19.9 Å². The number of nitrogens with zero attached hydrogens (tertiary/aromatic N) is 3. The monoisotopic (exact) mass is 422 g/mol. The molecule has 4 saturated carbocycles. The summed E-state index contributed by atoms with van der Waals surface area (Å²) in [5.41, 5.74) is 1.14. The van der Waals surface area contributed by atoms with Gasteiger partial charge in [-0.1, -0.05) is 30.3 Å². The van der Waals surface area contributed by atoms with E-state index in [1.54, 1.807) is 0 Å². The second kappa shape index (κ2) is 6.84. The molecule has 1 amide bonds. The third kappa shape index (κ3) is 3.13. The number of hydrogen-bond donors (Lipinski definition) is 1. The second-order valence-corrected chi connectivity index (χ2v) is 9.68. The lowest BCUT2D eigenvalue weighted by Crippen LogP contribution is -2.59. The van der Waals surface area contributed by atoms with E-state index < -0.39 is 6.43 Å². The molecule has 0 unspecified atom stereocenters. The first-order valence-corrected chi connectivity index (χ1v) is 11.0. The Morgan fingerprint density at radius 3 is 2.32 bits per heavy atom. The zero-order valence-electron chi connectivity index (χ0n) is 17.1. The summed E-state index contributed by atoms with van der Waals surface area (Å²) >= 11 is 0. The first-order chi connectivity index (χ1) is 15.0. The van der Waals surface area contributed by atoms with Gasteiger partial charge < -0.3 is 5.32 Å². The van der Waals surface area contributed by atoms with Crippen molar-refractivity contribution in [1.29, 1.82) is 0 Å². The fraction of sp³-hybridized carbons (Fsp3) is 0.458. The molecule has 31 heavy (non-hydrogen) atoms. The molecule has 4 aliphatic carbocycles. The third-order valence-electron chi connectivity index (χ3n) is 7.45. The van der Waals surface area contributed by atoms with Crippen LogP contribution in [0.1, 0.15) is 61.0 Å². The van der Waals surface area contributed by atoms with Crippen molar-refractivity contribution in [3.05, 3.63) is 53.9 Å². The Balaban J connectivity index is 1.39. The minimum Gasteiger partial charge on any atom is -0.346 e. The van der Waals surface area contributed by atoms with Crippen LogP contribution < -0.4 is 5.32 Å². The van der Waals surface area contributed by atoms with Gasteiger partial charge in [-0.2, -0.15) is 5.10 Å². The van der Waals surface area contributed by atoms with Gasteiger partial charge in [-0.05, 0) is 62.3 Å². The van der Waals surface area contributed by atoms with Gasteiger partial charge in [-0.15, -0.1) is 0 Å². The van der Waals surface area contributed by atoms with E-state index in [0.29, 0.717) is 23.4 Å². The van der Waals surface area contributed by atoms with Crippen LogP contribution in [-0.2, 0) is 0 Å². The second-order valence-electron chi connectivity index (χ2n) is 9.68. The minimum absolute atomic E-state index is 0.164. The first kappa shape index (κ1) is 18.9. The van der Waals surface area contributed by atoms with Crippen LogP contribution in [-0.4, -0.2) is 26.0 Å². The van der Waals surface area contributed by atoms with E-state index in [0.717, 1.165) is 29.3 Å². The SMILES string of the molecule is O=C(NC12CC3CC(CC(C3)C1)C2)c1cnn2c(C(F)F)cc(-c3ccccc3)nc12. The van der Waals surface area contributed by atoms with Crippen LogP contribution in [0, 0.1) is 17.8 Å². The van der Waals surface area contributed by atoms with Crippen LogP contribution in [0.2, 0.25) is 0 Å². The number of hydrogen-bond acceptors (Lipinski definition) is 3. The van der Waals surface area contributed by atoms with Crippen LogP contribution in [0.4, 0.5) is 8.78 Å². The van der Waals surface area contributed by atoms with Crippen molar-refractivity contribution in [2.75, 3.05) is 0 Å². The maximum absolute atomic E-state index is 13.8. The van der Waals surface area contributed by atoms with Gasteiger partial charge in [0.1, 0.15) is 11.3 Å². The number of fused-ring (bicyclic) bond motifs is 1. The normalized spacial score (nSPS) is 29.1. The number of carbonyl (C=O) groups excluding carboxylic acids is 1. The Labute approximate surface area is 178 Å². The van der Waals surface area contributed by atoms with Crippen molar-refractivity contribution >= 4 is 11.6 Å². The Morgan fingerprint density at radius 1 is 1.06 bits per heavy atom. The lowest BCUT2D eigenvalue weighted by atomic mass is 9.53. The van der Waals surface area contributed by atoms with Gasteiger partial charge in [0.15, 0.2) is 5.65 Å². The highest BCUT2D eigenvalue weighted by Gasteiger charge is 2.51. The zero-order chi connectivity index (χ0) is 21.2. The van der Waals surface area contributed by atoms with Gasteiger partial charge in [0.05, 0.1) is 11.9 Å². The zero-order valence-corrected chi connectivity index (χ0v) is 17.1. The highest BCUT2D eigenvalue weighted by atomic mass is 19.3. The summed E-state index contributed by atoms with van der Waals surface area (Å²) in [7, 11) is 0. The number of alkyl halides is 2. The van der Waals surface area contributed by atoms with Crippen molar-refractivity contribution < 1.29 is 13.6 Å². The number of carbonyl (C=O) groups is 1. The smallest absolute Gasteiger partial charge is 0.280 e. The van der Waals surface area contributed by atoms with Crippen LogP contribution in [0.15, 0.2) is 42.6 Å². The number of halogens is 2. The van der Waals surface area contributed by atoms with Crippen LogP contribution in [0.3, 0.4) is 0 Å². The highest BCUT2D eigenvalue weighted by molar-refractivity contribution is 6.00. The van der Waals surface area contributed by atoms with Gasteiger partial charge in [0, 0.05) is 11.1 Å². The molecule has 3 aromatic rings. The van der Waals surface area contributed by atoms with E-state index in [2.05, 4.69) is 15.4 Å². The quantitative estimate of drug-likeness (QED) is 0.641. The molecule has 7 rings (SSSR count). The molecule has 7 heteroatoms. The maximum Gasteiger partial charge on any atom is 0.280 e. The number of nitrogens with one attached hydrogen (secondary N) is 1. The summed E-state index contributed by atoms with van der Waals surface area (Å²) in [4.78, 5) is 17.9. The van der Waals surface area contributed by atoms with Gasteiger partial charge in [0.25, 0.3) is 12.3 Å². The maximum atomic E-state index is 13.8. The van der Waals surface area contributed by atoms with E-state index in [9.17, 15) is 13.6 Å². The van der Waals surface area contributed by atoms with Crippen molar-refractivity contribution in [3.8, 4) is 11.3 Å². The Morgan fingerprint density at radius 2 is 1.71 bits per heavy atom. The van der Waals surface area contributed by atoms with Crippen LogP contribution in [0.5, 0.6) is 0 Å². The Bertz CT molecular complexity index is 1120. The average Bonchev–Trinajstić information content (AvgIpc) is 3.16. The van der Waals surface area contributed by atoms with Crippen LogP contribution >= 0.6 is 0 Å². The molecule has 1 aromatic carbocycles. The number of amides is 1. The third-order valence-corrected chi connectivity index (χ3v) is 7.45. The Hall–Kier alpha value is -2.83. The number of aromatic nitrogens is 3. The number of rotatable bonds is 4. The molecule has 2 aromatic heterocycles. The minimum atomic E-state index is -2.73. The molecule has 0 spiro atoms. The fourth-order valence-corrected chi connectivity index (χ4v) is 6.63. The molecule has 160 valence electrons. The molecule has 4 fully saturated rings. The van der Waals surface area contributed by atoms with E-state index in [4.69, 9.17) is 0 Å². The molecule has 0 atom stereocenters. The molecule has 5 nitrogen and oxygen atoms in total. The summed E-state index contributed by atoms with van der Waals surface area (Å²) in [6, 6.07) is 10.5. The van der Waals surface area contributed by atoms with Crippen molar-refractivity contribution in [3.63, 3.8) is 0 Å². The van der Waals surface area contributed by atoms with E-state index in [-0.39, 0.29) is 28.4 Å². The van der Waals surface area contributed by atoms with E-state index >= 15 is 0 Å². The van der Waals surface area contributed by atoms with Crippen LogP contribution in [0.25, 0.3) is 16.9 Å². The molecule has 4 aliphatic rings. The van der Waals surface area contributed by atoms with Gasteiger partial charge >= 0.3 is 0 Å². The molecule has 4 bridgehead atoms. The average molecular weight is 422 g/mol. The molecule has 1 N–H and O–H groups in total. The van der Waals surface area contributed by atoms with E-state index in [1.807, 2.05) is 30.3 Å². The topological polar surface area (TPSA) is 59.3 Å². The van der Waals surface area contributed by atoms with Gasteiger partial charge in [0.2, 0.25) is 0 Å². The first-order valence-electron chi connectivity index (χ1n) is 11.0. The molecule has 0 radical (unpaired) electrons. The predicted molar refractivity (Wildman–Crippen MR) is 112 cm³/mol. The van der Waals surface area contributed by atoms with E-state index in [1.165, 1.54) is 31.5 Å². The molecular weight excluding hydrogens is 398 g/mol. The molecule has 2 heterocycles. The summed E-state index contributed by atoms with van der Waals surface area (Å²) in [5, 5.41) is 7.41. The lowest BCUT2D eigenvalue weighted by molar-refractivity contribution is -0.0166. The predicted octanol–water partition coefficient (Wildman–Crippen LogP) is 5.03. The largest absolute Gasteiger partial charge is 0.346 e. The van der Waals surface area contributed by atoms with Gasteiger partial charge in [-0.3, -0.25) is 4.79 Å². The van der Waals surface area contributed by atoms with Gasteiger partial charge in [-0.25, -0.2) is 18.3 Å². The van der Waals surface area contributed by atoms with Crippen molar-refractivity contribution in [2.24, 2.45) is 17.8 Å². The summed E-state index contributed by atoms with van der Waals surface area (Å²) in [6.45, 7) is 0. The lowest BCUT2D eigenvalue weighted by Gasteiger charge is -2.56. The highest BCUT2D eigenvalue weighted by Crippen LogP contribution is 2.55. The molecule has 0 saturated heterocycles.